The van der Waals surface area contributed by atoms with Crippen LogP contribution in [0.15, 0.2) is 12.1 Å². The lowest BCUT2D eigenvalue weighted by Gasteiger charge is -2.29. The van der Waals surface area contributed by atoms with Crippen LogP contribution in [0.2, 0.25) is 0 Å². The van der Waals surface area contributed by atoms with Gasteiger partial charge in [0.25, 0.3) is 0 Å². The van der Waals surface area contributed by atoms with Gasteiger partial charge in [-0.1, -0.05) is 59.2 Å². The summed E-state index contributed by atoms with van der Waals surface area (Å²) in [6, 6.07) is 4.13. The number of ether oxygens (including phenoxy) is 1. The fourth-order valence-corrected chi connectivity index (χ4v) is 2.10. The highest BCUT2D eigenvalue weighted by Gasteiger charge is 2.28. The van der Waals surface area contributed by atoms with Crippen LogP contribution in [-0.4, -0.2) is 6.09 Å². The third kappa shape index (κ3) is 3.72. The third-order valence-electron chi connectivity index (χ3n) is 3.05. The zero-order valence-corrected chi connectivity index (χ0v) is 13.0. The van der Waals surface area contributed by atoms with E-state index in [1.165, 1.54) is 0 Å². The molecule has 0 unspecified atom stereocenters. The maximum absolute atomic E-state index is 11.2. The maximum Gasteiger partial charge on any atom is 0.409 e. The molecule has 3 heteroatoms. The van der Waals surface area contributed by atoms with Gasteiger partial charge in [0.1, 0.15) is 5.75 Å². The van der Waals surface area contributed by atoms with Crippen molar-refractivity contribution in [1.29, 1.82) is 0 Å². The summed E-state index contributed by atoms with van der Waals surface area (Å²) in [6.07, 6.45) is -0.764. The molecule has 106 valence electrons. The second kappa shape index (κ2) is 4.87. The first-order valence-corrected chi connectivity index (χ1v) is 6.56. The highest BCUT2D eigenvalue weighted by molar-refractivity contribution is 5.70. The Labute approximate surface area is 116 Å². The van der Waals surface area contributed by atoms with Crippen LogP contribution < -0.4 is 10.5 Å². The minimum absolute atomic E-state index is 0.114. The lowest BCUT2D eigenvalue weighted by molar-refractivity contribution is 0.209. The van der Waals surface area contributed by atoms with Crippen molar-refractivity contribution in [3.05, 3.63) is 28.8 Å². The highest BCUT2D eigenvalue weighted by atomic mass is 16.5. The van der Waals surface area contributed by atoms with Gasteiger partial charge in [-0.3, -0.25) is 0 Å². The first kappa shape index (κ1) is 15.5. The van der Waals surface area contributed by atoms with Gasteiger partial charge in [-0.25, -0.2) is 4.79 Å². The first-order valence-electron chi connectivity index (χ1n) is 6.56. The van der Waals surface area contributed by atoms with Crippen LogP contribution in [0, 0.1) is 6.92 Å². The van der Waals surface area contributed by atoms with Crippen molar-refractivity contribution in [2.75, 3.05) is 0 Å². The number of hydrogen-bond acceptors (Lipinski definition) is 2. The number of primary amides is 1. The molecule has 2 N–H and O–H groups in total. The van der Waals surface area contributed by atoms with E-state index in [0.717, 1.165) is 16.7 Å². The predicted octanol–water partition coefficient (Wildman–Crippen LogP) is 4.05. The Balaban J connectivity index is 3.63. The molecule has 0 aromatic heterocycles. The molecule has 0 aliphatic carbocycles. The van der Waals surface area contributed by atoms with Crippen molar-refractivity contribution in [2.24, 2.45) is 5.73 Å². The van der Waals surface area contributed by atoms with Gasteiger partial charge in [-0.2, -0.15) is 0 Å². The van der Waals surface area contributed by atoms with Crippen molar-refractivity contribution in [3.8, 4) is 5.75 Å². The minimum Gasteiger partial charge on any atom is -0.410 e. The monoisotopic (exact) mass is 263 g/mol. The lowest BCUT2D eigenvalue weighted by atomic mass is 9.78. The van der Waals surface area contributed by atoms with Crippen LogP contribution in [0.4, 0.5) is 4.79 Å². The molecule has 0 heterocycles. The smallest absolute Gasteiger partial charge is 0.409 e. The lowest BCUT2D eigenvalue weighted by Crippen LogP contribution is -2.24. The average molecular weight is 263 g/mol. The molecule has 0 saturated carbocycles. The van der Waals surface area contributed by atoms with Crippen LogP contribution in [0.5, 0.6) is 5.75 Å². The van der Waals surface area contributed by atoms with Gasteiger partial charge in [-0.05, 0) is 17.8 Å². The Hall–Kier alpha value is -1.51. The van der Waals surface area contributed by atoms with E-state index in [2.05, 4.69) is 60.6 Å². The van der Waals surface area contributed by atoms with E-state index in [0.29, 0.717) is 5.75 Å². The number of benzene rings is 1. The zero-order valence-electron chi connectivity index (χ0n) is 13.0. The van der Waals surface area contributed by atoms with Gasteiger partial charge in [-0.15, -0.1) is 0 Å². The second-order valence-electron chi connectivity index (χ2n) is 7.11. The van der Waals surface area contributed by atoms with Gasteiger partial charge < -0.3 is 10.5 Å². The summed E-state index contributed by atoms with van der Waals surface area (Å²) in [4.78, 5) is 11.2. The topological polar surface area (TPSA) is 52.3 Å². The number of hydrogen-bond donors (Lipinski definition) is 1. The molecule has 0 fully saturated rings. The van der Waals surface area contributed by atoms with Crippen molar-refractivity contribution >= 4 is 6.09 Å². The largest absolute Gasteiger partial charge is 0.410 e. The molecule has 3 nitrogen and oxygen atoms in total. The van der Waals surface area contributed by atoms with E-state index in [9.17, 15) is 4.79 Å². The Kier molecular flexibility index (Phi) is 3.99. The van der Waals surface area contributed by atoms with Gasteiger partial charge in [0.2, 0.25) is 0 Å². The Morgan fingerprint density at radius 3 is 1.63 bits per heavy atom. The predicted molar refractivity (Wildman–Crippen MR) is 78.8 cm³/mol. The highest BCUT2D eigenvalue weighted by Crippen LogP contribution is 2.40. The molecule has 0 bridgehead atoms. The number of rotatable bonds is 1. The molecule has 0 spiro atoms. The summed E-state index contributed by atoms with van der Waals surface area (Å²) in [6.45, 7) is 14.6. The normalized spacial score (nSPS) is 12.4. The number of nitrogens with two attached hydrogens (primary N) is 1. The summed E-state index contributed by atoms with van der Waals surface area (Å²) in [5, 5.41) is 0. The molecular formula is C16H25NO2. The van der Waals surface area contributed by atoms with E-state index in [4.69, 9.17) is 10.5 Å². The molecule has 19 heavy (non-hydrogen) atoms. The molecule has 1 amide bonds. The van der Waals surface area contributed by atoms with Crippen LogP contribution in [-0.2, 0) is 10.8 Å². The average Bonchev–Trinajstić information content (AvgIpc) is 2.16. The van der Waals surface area contributed by atoms with Gasteiger partial charge in [0.05, 0.1) is 0 Å². The van der Waals surface area contributed by atoms with E-state index in [1.54, 1.807) is 0 Å². The van der Waals surface area contributed by atoms with E-state index < -0.39 is 6.09 Å². The molecule has 1 rings (SSSR count). The van der Waals surface area contributed by atoms with E-state index in [1.807, 2.05) is 0 Å². The molecule has 0 aliphatic heterocycles. The molecule has 1 aromatic rings. The summed E-state index contributed by atoms with van der Waals surface area (Å²) < 4.78 is 5.32. The fraction of sp³-hybridized carbons (Fsp3) is 0.562. The molecule has 1 aromatic carbocycles. The second-order valence-corrected chi connectivity index (χ2v) is 7.11. The summed E-state index contributed by atoms with van der Waals surface area (Å²) in [5.74, 6) is 0.609. The van der Waals surface area contributed by atoms with Crippen molar-refractivity contribution in [3.63, 3.8) is 0 Å². The van der Waals surface area contributed by atoms with Crippen molar-refractivity contribution in [1.82, 2.24) is 0 Å². The minimum atomic E-state index is -0.764. The number of aryl methyl sites for hydroxylation is 1. The number of carbonyl (C=O) groups is 1. The molecule has 0 radical (unpaired) electrons. The zero-order chi connectivity index (χ0) is 15.0. The van der Waals surface area contributed by atoms with Crippen LogP contribution >= 0.6 is 0 Å². The van der Waals surface area contributed by atoms with Crippen LogP contribution in [0.3, 0.4) is 0 Å². The quantitative estimate of drug-likeness (QED) is 0.831. The third-order valence-corrected chi connectivity index (χ3v) is 3.05. The number of carbonyl (C=O) groups excluding carboxylic acids is 1. The standard InChI is InChI=1S/C16H25NO2/c1-10-8-11(15(2,3)4)13(19-14(17)18)12(9-10)16(5,6)7/h8-9H,1-7H3,(H2,17,18). The van der Waals surface area contributed by atoms with E-state index in [-0.39, 0.29) is 10.8 Å². The molecule has 0 aliphatic rings. The number of amides is 1. The summed E-state index contributed by atoms with van der Waals surface area (Å²) in [7, 11) is 0. The Morgan fingerprint density at radius 1 is 1.00 bits per heavy atom. The maximum atomic E-state index is 11.2. The Morgan fingerprint density at radius 2 is 1.37 bits per heavy atom. The van der Waals surface area contributed by atoms with Gasteiger partial charge >= 0.3 is 6.09 Å². The van der Waals surface area contributed by atoms with Crippen molar-refractivity contribution < 1.29 is 9.53 Å². The van der Waals surface area contributed by atoms with Crippen LogP contribution in [0.25, 0.3) is 0 Å². The summed E-state index contributed by atoms with van der Waals surface area (Å²) in [5.41, 5.74) is 8.18. The van der Waals surface area contributed by atoms with Gasteiger partial charge in [0.15, 0.2) is 0 Å². The fourth-order valence-electron chi connectivity index (χ4n) is 2.10. The SMILES string of the molecule is Cc1cc(C(C)(C)C)c(OC(N)=O)c(C(C)(C)C)c1. The summed E-state index contributed by atoms with van der Waals surface area (Å²) >= 11 is 0. The molecular weight excluding hydrogens is 238 g/mol. The van der Waals surface area contributed by atoms with Gasteiger partial charge in [0, 0.05) is 11.1 Å². The first-order chi connectivity index (χ1) is 8.43. The molecule has 0 atom stereocenters. The molecule has 0 saturated heterocycles. The Bertz CT molecular complexity index is 455. The van der Waals surface area contributed by atoms with Crippen molar-refractivity contribution in [2.45, 2.75) is 59.3 Å². The van der Waals surface area contributed by atoms with Crippen LogP contribution in [0.1, 0.15) is 58.2 Å². The van der Waals surface area contributed by atoms with E-state index >= 15 is 0 Å².